The quantitative estimate of drug-likeness (QED) is 0.533. The molecule has 0 unspecified atom stereocenters. The molecule has 0 radical (unpaired) electrons. The van der Waals surface area contributed by atoms with E-state index in [0.717, 1.165) is 11.3 Å². The Morgan fingerprint density at radius 2 is 1.83 bits per heavy atom. The molecule has 2 aromatic heterocycles. The zero-order chi connectivity index (χ0) is 21.3. The van der Waals surface area contributed by atoms with Gasteiger partial charge in [-0.25, -0.2) is 18.4 Å². The molecule has 0 fully saturated rings. The van der Waals surface area contributed by atoms with Crippen LogP contribution in [0.2, 0.25) is 0 Å². The highest BCUT2D eigenvalue weighted by molar-refractivity contribution is 7.14. The lowest BCUT2D eigenvalue weighted by Crippen LogP contribution is -2.27. The molecule has 2 heterocycles. The molecule has 0 spiro atoms. The lowest BCUT2D eigenvalue weighted by molar-refractivity contribution is 0.101. The van der Waals surface area contributed by atoms with Gasteiger partial charge < -0.3 is 0 Å². The Morgan fingerprint density at radius 1 is 1.10 bits per heavy atom. The minimum Gasteiger partial charge on any atom is -0.296 e. The number of carbonyl (C=O) groups is 1. The van der Waals surface area contributed by atoms with Gasteiger partial charge in [-0.1, -0.05) is 12.1 Å². The van der Waals surface area contributed by atoms with Gasteiger partial charge in [-0.3, -0.25) is 14.9 Å². The largest absolute Gasteiger partial charge is 0.296 e. The molecule has 9 heteroatoms. The average Bonchev–Trinajstić information content (AvgIpc) is 3.18. The molecule has 6 nitrogen and oxygen atoms in total. The standard InChI is InChI=1S/C21H14F2N4O2S/c1-12-10-18(28)19(26-27(12)17-5-3-2-4-15(17)23)20(29)25-21-24-16(11-30-21)13-6-8-14(22)9-7-13/h2-11H,1H3,(H,24,25,29). The summed E-state index contributed by atoms with van der Waals surface area (Å²) < 4.78 is 28.4. The first-order valence-corrected chi connectivity index (χ1v) is 9.69. The van der Waals surface area contributed by atoms with Gasteiger partial charge in [0.25, 0.3) is 5.91 Å². The summed E-state index contributed by atoms with van der Waals surface area (Å²) in [6, 6.07) is 12.9. The van der Waals surface area contributed by atoms with Crippen molar-refractivity contribution in [1.29, 1.82) is 0 Å². The number of anilines is 1. The molecule has 0 saturated carbocycles. The highest BCUT2D eigenvalue weighted by atomic mass is 32.1. The Labute approximate surface area is 173 Å². The summed E-state index contributed by atoms with van der Waals surface area (Å²) in [6.07, 6.45) is 0. The van der Waals surface area contributed by atoms with Crippen molar-refractivity contribution in [2.75, 3.05) is 5.32 Å². The van der Waals surface area contributed by atoms with E-state index in [2.05, 4.69) is 15.4 Å². The van der Waals surface area contributed by atoms with Crippen LogP contribution < -0.4 is 10.7 Å². The Bertz CT molecular complexity index is 1300. The molecule has 150 valence electrons. The Kier molecular flexibility index (Phi) is 5.20. The number of nitrogens with one attached hydrogen (secondary N) is 1. The lowest BCUT2D eigenvalue weighted by Gasteiger charge is -2.11. The normalized spacial score (nSPS) is 10.8. The highest BCUT2D eigenvalue weighted by Gasteiger charge is 2.18. The van der Waals surface area contributed by atoms with Crippen LogP contribution in [0.15, 0.2) is 64.8 Å². The first kappa shape index (κ1) is 19.6. The van der Waals surface area contributed by atoms with Crippen LogP contribution in [0.1, 0.15) is 16.2 Å². The number of rotatable bonds is 4. The van der Waals surface area contributed by atoms with Crippen LogP contribution in [0.3, 0.4) is 0 Å². The van der Waals surface area contributed by atoms with Crippen molar-refractivity contribution in [3.8, 4) is 16.9 Å². The van der Waals surface area contributed by atoms with Crippen LogP contribution >= 0.6 is 11.3 Å². The smallest absolute Gasteiger partial charge is 0.281 e. The summed E-state index contributed by atoms with van der Waals surface area (Å²) in [5.74, 6) is -1.66. The fraction of sp³-hybridized carbons (Fsp3) is 0.0476. The molecule has 30 heavy (non-hydrogen) atoms. The number of aromatic nitrogens is 3. The Hall–Kier alpha value is -3.72. The maximum absolute atomic E-state index is 14.2. The number of aryl methyl sites for hydroxylation is 1. The molecule has 0 saturated heterocycles. The van der Waals surface area contributed by atoms with Crippen molar-refractivity contribution in [2.45, 2.75) is 6.92 Å². The number of thiazole rings is 1. The number of hydrogen-bond donors (Lipinski definition) is 1. The number of hydrogen-bond acceptors (Lipinski definition) is 5. The van der Waals surface area contributed by atoms with E-state index in [1.165, 1.54) is 41.1 Å². The maximum Gasteiger partial charge on any atom is 0.281 e. The van der Waals surface area contributed by atoms with E-state index >= 15 is 0 Å². The SMILES string of the molecule is Cc1cc(=O)c(C(=O)Nc2nc(-c3ccc(F)cc3)cs2)nn1-c1ccccc1F. The van der Waals surface area contributed by atoms with Gasteiger partial charge in [0.15, 0.2) is 10.8 Å². The monoisotopic (exact) mass is 424 g/mol. The number of para-hydroxylation sites is 1. The van der Waals surface area contributed by atoms with Crippen LogP contribution in [0.25, 0.3) is 16.9 Å². The second-order valence-electron chi connectivity index (χ2n) is 6.36. The molecule has 1 amide bonds. The number of nitrogens with zero attached hydrogens (tertiary/aromatic N) is 3. The molecule has 0 atom stereocenters. The third kappa shape index (κ3) is 3.87. The maximum atomic E-state index is 14.2. The molecular formula is C21H14F2N4O2S. The Balaban J connectivity index is 1.63. The summed E-state index contributed by atoms with van der Waals surface area (Å²) in [4.78, 5) is 29.2. The van der Waals surface area contributed by atoms with Crippen molar-refractivity contribution in [1.82, 2.24) is 14.8 Å². The van der Waals surface area contributed by atoms with Gasteiger partial charge in [0.2, 0.25) is 5.43 Å². The Morgan fingerprint density at radius 3 is 2.57 bits per heavy atom. The van der Waals surface area contributed by atoms with Gasteiger partial charge in [-0.05, 0) is 43.3 Å². The van der Waals surface area contributed by atoms with E-state index < -0.39 is 17.2 Å². The molecule has 4 rings (SSSR count). The van der Waals surface area contributed by atoms with Gasteiger partial charge in [-0.15, -0.1) is 11.3 Å². The average molecular weight is 424 g/mol. The summed E-state index contributed by atoms with van der Waals surface area (Å²) in [5.41, 5.74) is 0.765. The van der Waals surface area contributed by atoms with Crippen LogP contribution in [0, 0.1) is 18.6 Å². The van der Waals surface area contributed by atoms with Crippen molar-refractivity contribution < 1.29 is 13.6 Å². The molecule has 0 bridgehead atoms. The molecular weight excluding hydrogens is 410 g/mol. The fourth-order valence-electron chi connectivity index (χ4n) is 2.81. The van der Waals surface area contributed by atoms with E-state index in [-0.39, 0.29) is 22.3 Å². The first-order chi connectivity index (χ1) is 14.4. The summed E-state index contributed by atoms with van der Waals surface area (Å²) in [5, 5.41) is 8.55. The second kappa shape index (κ2) is 7.96. The van der Waals surface area contributed by atoms with Gasteiger partial charge in [0.1, 0.15) is 17.3 Å². The number of amides is 1. The second-order valence-corrected chi connectivity index (χ2v) is 7.22. The first-order valence-electron chi connectivity index (χ1n) is 8.81. The van der Waals surface area contributed by atoms with E-state index in [9.17, 15) is 18.4 Å². The zero-order valence-electron chi connectivity index (χ0n) is 15.6. The number of carbonyl (C=O) groups excluding carboxylic acids is 1. The lowest BCUT2D eigenvalue weighted by atomic mass is 10.2. The zero-order valence-corrected chi connectivity index (χ0v) is 16.4. The molecule has 1 N–H and O–H groups in total. The van der Waals surface area contributed by atoms with E-state index in [1.54, 1.807) is 30.5 Å². The topological polar surface area (TPSA) is 76.9 Å². The van der Waals surface area contributed by atoms with E-state index in [1.807, 2.05) is 0 Å². The van der Waals surface area contributed by atoms with Gasteiger partial charge in [0.05, 0.1) is 5.69 Å². The third-order valence-corrected chi connectivity index (χ3v) is 5.03. The molecule has 0 aliphatic rings. The van der Waals surface area contributed by atoms with E-state index in [0.29, 0.717) is 17.0 Å². The molecule has 0 aliphatic carbocycles. The summed E-state index contributed by atoms with van der Waals surface area (Å²) >= 11 is 1.15. The van der Waals surface area contributed by atoms with E-state index in [4.69, 9.17) is 0 Å². The van der Waals surface area contributed by atoms with Crippen LogP contribution in [-0.4, -0.2) is 20.7 Å². The van der Waals surface area contributed by atoms with Crippen LogP contribution in [0.5, 0.6) is 0 Å². The highest BCUT2D eigenvalue weighted by Crippen LogP contribution is 2.25. The fourth-order valence-corrected chi connectivity index (χ4v) is 3.53. The van der Waals surface area contributed by atoms with Gasteiger partial charge >= 0.3 is 0 Å². The van der Waals surface area contributed by atoms with Crippen molar-refractivity contribution in [3.63, 3.8) is 0 Å². The summed E-state index contributed by atoms with van der Waals surface area (Å²) in [6.45, 7) is 1.60. The van der Waals surface area contributed by atoms with Crippen LogP contribution in [-0.2, 0) is 0 Å². The predicted molar refractivity (Wildman–Crippen MR) is 110 cm³/mol. The van der Waals surface area contributed by atoms with Crippen molar-refractivity contribution in [3.05, 3.63) is 93.2 Å². The van der Waals surface area contributed by atoms with Crippen molar-refractivity contribution >= 4 is 22.4 Å². The number of benzene rings is 2. The minimum atomic E-state index is -0.759. The summed E-state index contributed by atoms with van der Waals surface area (Å²) in [7, 11) is 0. The van der Waals surface area contributed by atoms with Crippen LogP contribution in [0.4, 0.5) is 13.9 Å². The van der Waals surface area contributed by atoms with Crippen molar-refractivity contribution in [2.24, 2.45) is 0 Å². The predicted octanol–water partition coefficient (Wildman–Crippen LogP) is 4.19. The molecule has 0 aliphatic heterocycles. The third-order valence-electron chi connectivity index (χ3n) is 4.27. The minimum absolute atomic E-state index is 0.122. The molecule has 2 aromatic carbocycles. The molecule has 4 aromatic rings. The number of halogens is 2. The van der Waals surface area contributed by atoms with Gasteiger partial charge in [0, 0.05) is 22.7 Å². The van der Waals surface area contributed by atoms with Gasteiger partial charge in [-0.2, -0.15) is 5.10 Å².